The minimum Gasteiger partial charge on any atom is -0.380 e. The minimum absolute atomic E-state index is 0.0229. The second-order valence-electron chi connectivity index (χ2n) is 7.01. The molecule has 1 N–H and O–H groups in total. The molecule has 1 aliphatic heterocycles. The van der Waals surface area contributed by atoms with E-state index in [9.17, 15) is 4.79 Å². The van der Waals surface area contributed by atoms with Gasteiger partial charge in [-0.15, -0.1) is 0 Å². The van der Waals surface area contributed by atoms with Gasteiger partial charge >= 0.3 is 0 Å². The molecule has 0 aliphatic carbocycles. The molecule has 0 saturated carbocycles. The predicted octanol–water partition coefficient (Wildman–Crippen LogP) is 3.71. The Morgan fingerprint density at radius 1 is 1.08 bits per heavy atom. The Bertz CT molecular complexity index is 704. The van der Waals surface area contributed by atoms with Crippen molar-refractivity contribution in [3.63, 3.8) is 0 Å². The highest BCUT2D eigenvalue weighted by Crippen LogP contribution is 2.25. The lowest BCUT2D eigenvalue weighted by Gasteiger charge is -2.28. The van der Waals surface area contributed by atoms with Crippen molar-refractivity contribution in [2.75, 3.05) is 26.7 Å². The van der Waals surface area contributed by atoms with Crippen molar-refractivity contribution in [2.45, 2.75) is 32.4 Å². The monoisotopic (exact) mass is 352 g/mol. The summed E-state index contributed by atoms with van der Waals surface area (Å²) >= 11 is 0. The van der Waals surface area contributed by atoms with E-state index in [0.717, 1.165) is 18.7 Å². The fraction of sp³-hybridized carbons (Fsp3) is 0.409. The van der Waals surface area contributed by atoms with E-state index in [1.54, 1.807) is 7.11 Å². The molecule has 1 amide bonds. The highest BCUT2D eigenvalue weighted by atomic mass is 16.5. The molecule has 2 aromatic rings. The van der Waals surface area contributed by atoms with Crippen LogP contribution in [-0.2, 0) is 11.3 Å². The first kappa shape index (κ1) is 18.6. The maximum absolute atomic E-state index is 12.6. The molecular formula is C22H28N2O2. The van der Waals surface area contributed by atoms with Gasteiger partial charge < -0.3 is 10.1 Å². The zero-order valence-corrected chi connectivity index (χ0v) is 15.7. The number of amides is 1. The van der Waals surface area contributed by atoms with Crippen LogP contribution in [0.4, 0.5) is 0 Å². The van der Waals surface area contributed by atoms with Crippen molar-refractivity contribution in [1.29, 1.82) is 0 Å². The minimum atomic E-state index is -0.0229. The quantitative estimate of drug-likeness (QED) is 0.826. The molecule has 1 aliphatic rings. The SMILES string of the molecule is COCc1ccc(C(=O)NC[C@H](c2ccc(C)cc2)N2CCCC2)cc1. The lowest BCUT2D eigenvalue weighted by Crippen LogP contribution is -2.36. The van der Waals surface area contributed by atoms with Crippen LogP contribution in [0.25, 0.3) is 0 Å². The van der Waals surface area contributed by atoms with E-state index in [1.807, 2.05) is 24.3 Å². The molecule has 26 heavy (non-hydrogen) atoms. The smallest absolute Gasteiger partial charge is 0.251 e. The molecule has 3 rings (SSSR count). The summed E-state index contributed by atoms with van der Waals surface area (Å²) in [4.78, 5) is 15.0. The predicted molar refractivity (Wildman–Crippen MR) is 104 cm³/mol. The van der Waals surface area contributed by atoms with Crippen molar-refractivity contribution >= 4 is 5.91 Å². The highest BCUT2D eigenvalue weighted by Gasteiger charge is 2.24. The number of nitrogens with one attached hydrogen (secondary N) is 1. The van der Waals surface area contributed by atoms with E-state index in [0.29, 0.717) is 18.7 Å². The number of aryl methyl sites for hydroxylation is 1. The van der Waals surface area contributed by atoms with Crippen LogP contribution in [0.1, 0.15) is 45.9 Å². The van der Waals surface area contributed by atoms with Gasteiger partial charge in [0.25, 0.3) is 5.91 Å². The van der Waals surface area contributed by atoms with Gasteiger partial charge in [0.1, 0.15) is 0 Å². The number of ether oxygens (including phenoxy) is 1. The van der Waals surface area contributed by atoms with Gasteiger partial charge in [0, 0.05) is 19.2 Å². The first-order valence-electron chi connectivity index (χ1n) is 9.34. The molecule has 0 aromatic heterocycles. The van der Waals surface area contributed by atoms with Crippen LogP contribution < -0.4 is 5.32 Å². The maximum Gasteiger partial charge on any atom is 0.251 e. The van der Waals surface area contributed by atoms with Gasteiger partial charge in [-0.3, -0.25) is 9.69 Å². The number of carbonyl (C=O) groups is 1. The Kier molecular flexibility index (Phi) is 6.42. The number of likely N-dealkylation sites (tertiary alicyclic amines) is 1. The third-order valence-electron chi connectivity index (χ3n) is 5.03. The van der Waals surface area contributed by atoms with E-state index in [-0.39, 0.29) is 11.9 Å². The van der Waals surface area contributed by atoms with Gasteiger partial charge in [0.15, 0.2) is 0 Å². The van der Waals surface area contributed by atoms with Gasteiger partial charge in [0.2, 0.25) is 0 Å². The molecule has 4 nitrogen and oxygen atoms in total. The van der Waals surface area contributed by atoms with Crippen LogP contribution in [0.15, 0.2) is 48.5 Å². The molecule has 0 spiro atoms. The molecule has 2 aromatic carbocycles. The molecule has 1 atom stereocenters. The summed E-state index contributed by atoms with van der Waals surface area (Å²) in [5.74, 6) is -0.0229. The lowest BCUT2D eigenvalue weighted by atomic mass is 10.0. The van der Waals surface area contributed by atoms with E-state index in [4.69, 9.17) is 4.74 Å². The Balaban J connectivity index is 1.66. The standard InChI is InChI=1S/C22H28N2O2/c1-17-5-9-19(10-6-17)21(24-13-3-4-14-24)15-23-22(25)20-11-7-18(8-12-20)16-26-2/h5-12,21H,3-4,13-16H2,1-2H3,(H,23,25)/t21-/m1/s1. The van der Waals surface area contributed by atoms with Crippen LogP contribution in [-0.4, -0.2) is 37.6 Å². The second kappa shape index (κ2) is 8.97. The number of rotatable bonds is 7. The van der Waals surface area contributed by atoms with Crippen molar-refractivity contribution in [3.05, 3.63) is 70.8 Å². The fourth-order valence-electron chi connectivity index (χ4n) is 3.51. The third kappa shape index (κ3) is 4.71. The molecule has 1 heterocycles. The summed E-state index contributed by atoms with van der Waals surface area (Å²) in [7, 11) is 1.67. The second-order valence-corrected chi connectivity index (χ2v) is 7.01. The number of benzene rings is 2. The van der Waals surface area contributed by atoms with Crippen molar-refractivity contribution in [1.82, 2.24) is 10.2 Å². The van der Waals surface area contributed by atoms with E-state index in [1.165, 1.54) is 24.0 Å². The highest BCUT2D eigenvalue weighted by molar-refractivity contribution is 5.94. The van der Waals surface area contributed by atoms with Crippen LogP contribution in [0.2, 0.25) is 0 Å². The normalized spacial score (nSPS) is 15.8. The van der Waals surface area contributed by atoms with Gasteiger partial charge in [-0.1, -0.05) is 42.0 Å². The number of methoxy groups -OCH3 is 1. The van der Waals surface area contributed by atoms with Crippen molar-refractivity contribution in [2.24, 2.45) is 0 Å². The maximum atomic E-state index is 12.6. The van der Waals surface area contributed by atoms with Gasteiger partial charge in [-0.2, -0.15) is 0 Å². The van der Waals surface area contributed by atoms with Crippen LogP contribution in [0.5, 0.6) is 0 Å². The van der Waals surface area contributed by atoms with Gasteiger partial charge in [-0.25, -0.2) is 0 Å². The number of hydrogen-bond acceptors (Lipinski definition) is 3. The fourth-order valence-corrected chi connectivity index (χ4v) is 3.51. The summed E-state index contributed by atoms with van der Waals surface area (Å²) < 4.78 is 5.12. The molecular weight excluding hydrogens is 324 g/mol. The largest absolute Gasteiger partial charge is 0.380 e. The average Bonchev–Trinajstić information content (AvgIpc) is 3.18. The van der Waals surface area contributed by atoms with E-state index in [2.05, 4.69) is 41.4 Å². The van der Waals surface area contributed by atoms with Gasteiger partial charge in [0.05, 0.1) is 12.6 Å². The zero-order chi connectivity index (χ0) is 18.4. The number of nitrogens with zero attached hydrogens (tertiary/aromatic N) is 1. The topological polar surface area (TPSA) is 41.6 Å². The molecule has 138 valence electrons. The molecule has 0 unspecified atom stereocenters. The molecule has 1 fully saturated rings. The third-order valence-corrected chi connectivity index (χ3v) is 5.03. The molecule has 1 saturated heterocycles. The molecule has 0 bridgehead atoms. The van der Waals surface area contributed by atoms with Crippen molar-refractivity contribution < 1.29 is 9.53 Å². The number of carbonyl (C=O) groups excluding carboxylic acids is 1. The summed E-state index contributed by atoms with van der Waals surface area (Å²) in [6.45, 7) is 5.48. The first-order valence-corrected chi connectivity index (χ1v) is 9.34. The van der Waals surface area contributed by atoms with Crippen molar-refractivity contribution in [3.8, 4) is 0 Å². The summed E-state index contributed by atoms with van der Waals surface area (Å²) in [5.41, 5.74) is 4.29. The summed E-state index contributed by atoms with van der Waals surface area (Å²) in [6.07, 6.45) is 2.47. The summed E-state index contributed by atoms with van der Waals surface area (Å²) in [6, 6.07) is 16.5. The van der Waals surface area contributed by atoms with Crippen LogP contribution >= 0.6 is 0 Å². The average molecular weight is 352 g/mol. The van der Waals surface area contributed by atoms with E-state index < -0.39 is 0 Å². The molecule has 0 radical (unpaired) electrons. The van der Waals surface area contributed by atoms with E-state index >= 15 is 0 Å². The Morgan fingerprint density at radius 2 is 1.73 bits per heavy atom. The van der Waals surface area contributed by atoms with Gasteiger partial charge in [-0.05, 0) is 56.1 Å². The zero-order valence-electron chi connectivity index (χ0n) is 15.7. The summed E-state index contributed by atoms with van der Waals surface area (Å²) in [5, 5.41) is 3.13. The Morgan fingerprint density at radius 3 is 2.35 bits per heavy atom. The lowest BCUT2D eigenvalue weighted by molar-refractivity contribution is 0.0938. The Labute approximate surface area is 156 Å². The Hall–Kier alpha value is -2.17. The number of hydrogen-bond donors (Lipinski definition) is 1. The first-order chi connectivity index (χ1) is 12.7. The molecule has 4 heteroatoms. The van der Waals surface area contributed by atoms with Crippen LogP contribution in [0.3, 0.4) is 0 Å². The van der Waals surface area contributed by atoms with Crippen LogP contribution in [0, 0.1) is 6.92 Å².